The van der Waals surface area contributed by atoms with Gasteiger partial charge in [0.25, 0.3) is 0 Å². The van der Waals surface area contributed by atoms with Crippen LogP contribution in [-0.2, 0) is 4.79 Å². The number of halogens is 1. The Kier molecular flexibility index (Phi) is 2.31. The van der Waals surface area contributed by atoms with Crippen molar-refractivity contribution in [1.29, 1.82) is 0 Å². The Labute approximate surface area is 90.4 Å². The van der Waals surface area contributed by atoms with Gasteiger partial charge in [-0.1, -0.05) is 0 Å². The van der Waals surface area contributed by atoms with Gasteiger partial charge in [0.05, 0.1) is 0 Å². The summed E-state index contributed by atoms with van der Waals surface area (Å²) in [5.74, 6) is -0.0842. The Morgan fingerprint density at radius 2 is 2.20 bits per heavy atom. The van der Waals surface area contributed by atoms with Crippen molar-refractivity contribution in [2.24, 2.45) is 5.73 Å². The summed E-state index contributed by atoms with van der Waals surface area (Å²) < 4.78 is 0. The van der Waals surface area contributed by atoms with E-state index in [9.17, 15) is 4.79 Å². The zero-order valence-electron chi connectivity index (χ0n) is 7.72. The van der Waals surface area contributed by atoms with Gasteiger partial charge < -0.3 is 16.4 Å². The topological polar surface area (TPSA) is 111 Å². The number of nitrogens with zero attached hydrogens (tertiary/aromatic N) is 4. The van der Waals surface area contributed by atoms with Crippen LogP contribution < -0.4 is 16.4 Å². The second-order valence-corrected chi connectivity index (χ2v) is 3.50. The highest BCUT2D eigenvalue weighted by Gasteiger charge is 2.34. The molecule has 1 aromatic rings. The van der Waals surface area contributed by atoms with Crippen molar-refractivity contribution >= 4 is 29.4 Å². The van der Waals surface area contributed by atoms with Gasteiger partial charge in [0.2, 0.25) is 23.1 Å². The largest absolute Gasteiger partial charge is 0.368 e. The number of carbonyl (C=O) groups is 1. The SMILES string of the molecule is NC(=O)C1CCN1c1nc(N)nc(Cl)n1. The molecule has 80 valence electrons. The van der Waals surface area contributed by atoms with Gasteiger partial charge in [0, 0.05) is 6.54 Å². The highest BCUT2D eigenvalue weighted by molar-refractivity contribution is 6.28. The van der Waals surface area contributed by atoms with E-state index in [1.54, 1.807) is 4.90 Å². The number of nitrogen functional groups attached to an aromatic ring is 1. The lowest BCUT2D eigenvalue weighted by molar-refractivity contribution is -0.120. The van der Waals surface area contributed by atoms with Crippen molar-refractivity contribution < 1.29 is 4.79 Å². The van der Waals surface area contributed by atoms with Crippen molar-refractivity contribution in [3.05, 3.63) is 5.28 Å². The summed E-state index contributed by atoms with van der Waals surface area (Å²) in [7, 11) is 0. The van der Waals surface area contributed by atoms with Gasteiger partial charge in [0.15, 0.2) is 0 Å². The van der Waals surface area contributed by atoms with Crippen LogP contribution in [0.25, 0.3) is 0 Å². The zero-order chi connectivity index (χ0) is 11.0. The van der Waals surface area contributed by atoms with E-state index in [-0.39, 0.29) is 17.3 Å². The minimum absolute atomic E-state index is 0.00706. The number of amides is 1. The molecule has 2 heterocycles. The first kappa shape index (κ1) is 9.91. The molecule has 0 bridgehead atoms. The van der Waals surface area contributed by atoms with Crippen LogP contribution in [0.1, 0.15) is 6.42 Å². The van der Waals surface area contributed by atoms with Crippen molar-refractivity contribution in [3.63, 3.8) is 0 Å². The van der Waals surface area contributed by atoms with E-state index in [0.29, 0.717) is 18.9 Å². The molecule has 0 spiro atoms. The van der Waals surface area contributed by atoms with Crippen LogP contribution in [-0.4, -0.2) is 33.4 Å². The molecule has 1 amide bonds. The van der Waals surface area contributed by atoms with Gasteiger partial charge >= 0.3 is 0 Å². The number of aromatic nitrogens is 3. The second kappa shape index (κ2) is 3.50. The highest BCUT2D eigenvalue weighted by Crippen LogP contribution is 2.23. The van der Waals surface area contributed by atoms with Crippen molar-refractivity contribution in [1.82, 2.24) is 15.0 Å². The minimum Gasteiger partial charge on any atom is -0.368 e. The molecule has 1 fully saturated rings. The normalized spacial score (nSPS) is 19.8. The Morgan fingerprint density at radius 1 is 1.47 bits per heavy atom. The molecule has 0 aliphatic carbocycles. The number of carbonyl (C=O) groups excluding carboxylic acids is 1. The highest BCUT2D eigenvalue weighted by atomic mass is 35.5. The molecule has 7 nitrogen and oxygen atoms in total. The third-order valence-corrected chi connectivity index (χ3v) is 2.39. The standard InChI is InChI=1S/C7H9ClN6O/c8-5-11-6(10)13-7(12-5)14-2-1-3(14)4(9)15/h3H,1-2H2,(H2,9,15)(H2,10,11,12,13). The van der Waals surface area contributed by atoms with E-state index in [4.69, 9.17) is 23.1 Å². The van der Waals surface area contributed by atoms with Crippen LogP contribution in [0.2, 0.25) is 5.28 Å². The Morgan fingerprint density at radius 3 is 2.67 bits per heavy atom. The van der Waals surface area contributed by atoms with Crippen LogP contribution in [0.4, 0.5) is 11.9 Å². The summed E-state index contributed by atoms with van der Waals surface area (Å²) in [4.78, 5) is 24.0. The van der Waals surface area contributed by atoms with E-state index in [0.717, 1.165) is 0 Å². The van der Waals surface area contributed by atoms with Crippen molar-refractivity contribution in [3.8, 4) is 0 Å². The predicted molar refractivity (Wildman–Crippen MR) is 54.2 cm³/mol. The average molecular weight is 229 g/mol. The van der Waals surface area contributed by atoms with Gasteiger partial charge in [-0.05, 0) is 18.0 Å². The van der Waals surface area contributed by atoms with Gasteiger partial charge in [-0.2, -0.15) is 15.0 Å². The summed E-state index contributed by atoms with van der Waals surface area (Å²) in [5, 5.41) is 0.00706. The molecule has 0 saturated carbocycles. The fourth-order valence-electron chi connectivity index (χ4n) is 1.41. The summed E-state index contributed by atoms with van der Waals surface area (Å²) in [5.41, 5.74) is 10.6. The number of hydrogen-bond acceptors (Lipinski definition) is 6. The maximum absolute atomic E-state index is 11.0. The van der Waals surface area contributed by atoms with Gasteiger partial charge in [-0.3, -0.25) is 4.79 Å². The molecule has 1 aliphatic heterocycles. The predicted octanol–water partition coefficient (Wildman–Crippen LogP) is -0.829. The Hall–Kier alpha value is -1.63. The molecule has 0 radical (unpaired) electrons. The molecule has 2 rings (SSSR count). The summed E-state index contributed by atoms with van der Waals surface area (Å²) in [6.07, 6.45) is 0.693. The molecule has 1 aliphatic rings. The van der Waals surface area contributed by atoms with E-state index < -0.39 is 5.91 Å². The summed E-state index contributed by atoms with van der Waals surface area (Å²) >= 11 is 5.62. The lowest BCUT2D eigenvalue weighted by Crippen LogP contribution is -2.55. The lowest BCUT2D eigenvalue weighted by Gasteiger charge is -2.38. The molecule has 1 unspecified atom stereocenters. The first-order chi connectivity index (χ1) is 7.08. The molecule has 1 saturated heterocycles. The van der Waals surface area contributed by atoms with Crippen molar-refractivity contribution in [2.45, 2.75) is 12.5 Å². The summed E-state index contributed by atoms with van der Waals surface area (Å²) in [6, 6.07) is -0.372. The van der Waals surface area contributed by atoms with Crippen LogP contribution in [0, 0.1) is 0 Å². The van der Waals surface area contributed by atoms with E-state index in [1.807, 2.05) is 0 Å². The van der Waals surface area contributed by atoms with Crippen LogP contribution in [0.15, 0.2) is 0 Å². The van der Waals surface area contributed by atoms with E-state index in [1.165, 1.54) is 0 Å². The maximum atomic E-state index is 11.0. The van der Waals surface area contributed by atoms with Crippen LogP contribution in [0.5, 0.6) is 0 Å². The third-order valence-electron chi connectivity index (χ3n) is 2.22. The molecule has 15 heavy (non-hydrogen) atoms. The van der Waals surface area contributed by atoms with Crippen LogP contribution >= 0.6 is 11.6 Å². The monoisotopic (exact) mass is 228 g/mol. The lowest BCUT2D eigenvalue weighted by atomic mass is 10.0. The molecular weight excluding hydrogens is 220 g/mol. The fourth-order valence-corrected chi connectivity index (χ4v) is 1.57. The number of nitrogens with two attached hydrogens (primary N) is 2. The maximum Gasteiger partial charge on any atom is 0.240 e. The number of hydrogen-bond donors (Lipinski definition) is 2. The first-order valence-corrected chi connectivity index (χ1v) is 4.69. The fraction of sp³-hybridized carbons (Fsp3) is 0.429. The van der Waals surface area contributed by atoms with E-state index >= 15 is 0 Å². The molecule has 8 heteroatoms. The number of anilines is 2. The van der Waals surface area contributed by atoms with Crippen molar-refractivity contribution in [2.75, 3.05) is 17.2 Å². The van der Waals surface area contributed by atoms with Gasteiger partial charge in [-0.25, -0.2) is 0 Å². The third kappa shape index (κ3) is 1.78. The average Bonchev–Trinajstić information content (AvgIpc) is 1.97. The quantitative estimate of drug-likeness (QED) is 0.684. The molecule has 1 aromatic heterocycles. The molecule has 0 aromatic carbocycles. The summed E-state index contributed by atoms with van der Waals surface area (Å²) in [6.45, 7) is 0.660. The molecular formula is C7H9ClN6O. The van der Waals surface area contributed by atoms with E-state index in [2.05, 4.69) is 15.0 Å². The zero-order valence-corrected chi connectivity index (χ0v) is 8.48. The minimum atomic E-state index is -0.406. The van der Waals surface area contributed by atoms with Gasteiger partial charge in [-0.15, -0.1) is 0 Å². The molecule has 1 atom stereocenters. The number of primary amides is 1. The number of rotatable bonds is 2. The van der Waals surface area contributed by atoms with Gasteiger partial charge in [0.1, 0.15) is 6.04 Å². The van der Waals surface area contributed by atoms with Crippen LogP contribution in [0.3, 0.4) is 0 Å². The Bertz CT molecular complexity index is 390. The molecule has 4 N–H and O–H groups in total. The first-order valence-electron chi connectivity index (χ1n) is 4.31. The smallest absolute Gasteiger partial charge is 0.240 e. The Balaban J connectivity index is 2.26. The second-order valence-electron chi connectivity index (χ2n) is 3.16.